The average molecular weight is 280 g/mol. The Kier molecular flexibility index (Phi) is 5.13. The number of nitrogens with one attached hydrogen (secondary N) is 1. The third-order valence-electron chi connectivity index (χ3n) is 3.43. The van der Waals surface area contributed by atoms with Crippen LogP contribution in [0.4, 0.5) is 4.39 Å². The zero-order valence-corrected chi connectivity index (χ0v) is 12.7. The van der Waals surface area contributed by atoms with E-state index in [4.69, 9.17) is 4.74 Å². The molecule has 1 fully saturated rings. The molecule has 1 aromatic rings. The summed E-state index contributed by atoms with van der Waals surface area (Å²) in [5.41, 5.74) is 1.98. The molecule has 0 saturated carbocycles. The second kappa shape index (κ2) is 6.66. The molecule has 0 bridgehead atoms. The molecule has 1 N–H and O–H groups in total. The molecule has 0 aromatic heterocycles. The van der Waals surface area contributed by atoms with Gasteiger partial charge in [0.15, 0.2) is 0 Å². The molecule has 0 spiro atoms. The lowest BCUT2D eigenvalue weighted by molar-refractivity contribution is 0.0337. The number of halogens is 1. The van der Waals surface area contributed by atoms with Gasteiger partial charge in [-0.25, -0.2) is 4.39 Å². The quantitative estimate of drug-likeness (QED) is 0.917. The van der Waals surface area contributed by atoms with Crippen LogP contribution in [0, 0.1) is 5.82 Å². The number of nitrogens with zero attached hydrogens (tertiary/aromatic N) is 1. The lowest BCUT2D eigenvalue weighted by Gasteiger charge is -2.27. The Morgan fingerprint density at radius 3 is 2.60 bits per heavy atom. The first-order chi connectivity index (χ1) is 9.44. The first kappa shape index (κ1) is 15.4. The molecular weight excluding hydrogens is 255 g/mol. The first-order valence-electron chi connectivity index (χ1n) is 7.26. The van der Waals surface area contributed by atoms with Crippen molar-refractivity contribution in [2.24, 2.45) is 0 Å². The van der Waals surface area contributed by atoms with Crippen LogP contribution in [0.5, 0.6) is 0 Å². The Morgan fingerprint density at radius 2 is 1.95 bits per heavy atom. The monoisotopic (exact) mass is 280 g/mol. The second-order valence-corrected chi connectivity index (χ2v) is 6.42. The Balaban J connectivity index is 2.00. The summed E-state index contributed by atoms with van der Waals surface area (Å²) in [6.07, 6.45) is 0. The van der Waals surface area contributed by atoms with Crippen molar-refractivity contribution in [3.8, 4) is 0 Å². The summed E-state index contributed by atoms with van der Waals surface area (Å²) in [7, 11) is 0. The van der Waals surface area contributed by atoms with Crippen LogP contribution in [0.15, 0.2) is 18.2 Å². The Bertz CT molecular complexity index is 437. The highest BCUT2D eigenvalue weighted by Crippen LogP contribution is 2.15. The minimum absolute atomic E-state index is 0.0682. The van der Waals surface area contributed by atoms with E-state index in [1.807, 2.05) is 12.1 Å². The van der Waals surface area contributed by atoms with Gasteiger partial charge in [-0.1, -0.05) is 12.1 Å². The molecule has 1 heterocycles. The predicted octanol–water partition coefficient (Wildman–Crippen LogP) is 2.55. The van der Waals surface area contributed by atoms with Crippen LogP contribution in [0.1, 0.15) is 31.9 Å². The number of morpholine rings is 1. The molecule has 1 aliphatic heterocycles. The highest BCUT2D eigenvalue weighted by Gasteiger charge is 2.14. The summed E-state index contributed by atoms with van der Waals surface area (Å²) in [6, 6.07) is 5.41. The number of rotatable bonds is 4. The van der Waals surface area contributed by atoms with Crippen LogP contribution >= 0.6 is 0 Å². The van der Waals surface area contributed by atoms with Gasteiger partial charge in [0, 0.05) is 37.3 Å². The van der Waals surface area contributed by atoms with Crippen molar-refractivity contribution in [3.63, 3.8) is 0 Å². The van der Waals surface area contributed by atoms with E-state index in [2.05, 4.69) is 31.0 Å². The van der Waals surface area contributed by atoms with Crippen molar-refractivity contribution >= 4 is 0 Å². The fourth-order valence-corrected chi connectivity index (χ4v) is 2.23. The van der Waals surface area contributed by atoms with E-state index in [9.17, 15) is 4.39 Å². The van der Waals surface area contributed by atoms with Crippen LogP contribution in [-0.4, -0.2) is 36.7 Å². The van der Waals surface area contributed by atoms with Gasteiger partial charge < -0.3 is 10.1 Å². The van der Waals surface area contributed by atoms with E-state index in [1.165, 1.54) is 0 Å². The summed E-state index contributed by atoms with van der Waals surface area (Å²) in [6.45, 7) is 11.1. The molecule has 0 amide bonds. The highest BCUT2D eigenvalue weighted by atomic mass is 19.1. The maximum atomic E-state index is 13.9. The summed E-state index contributed by atoms with van der Waals surface area (Å²) in [5.74, 6) is -0.115. The third-order valence-corrected chi connectivity index (χ3v) is 3.43. The molecule has 3 nitrogen and oxygen atoms in total. The molecule has 20 heavy (non-hydrogen) atoms. The molecule has 112 valence electrons. The van der Waals surface area contributed by atoms with E-state index >= 15 is 0 Å². The van der Waals surface area contributed by atoms with Crippen molar-refractivity contribution in [1.29, 1.82) is 0 Å². The Labute approximate surface area is 121 Å². The maximum Gasteiger partial charge on any atom is 0.127 e. The van der Waals surface area contributed by atoms with Crippen LogP contribution < -0.4 is 5.32 Å². The van der Waals surface area contributed by atoms with E-state index < -0.39 is 0 Å². The van der Waals surface area contributed by atoms with Crippen molar-refractivity contribution in [3.05, 3.63) is 35.1 Å². The van der Waals surface area contributed by atoms with Crippen molar-refractivity contribution in [2.75, 3.05) is 26.3 Å². The lowest BCUT2D eigenvalue weighted by Crippen LogP contribution is -2.36. The molecule has 1 saturated heterocycles. The second-order valence-electron chi connectivity index (χ2n) is 6.42. The molecule has 0 radical (unpaired) electrons. The van der Waals surface area contributed by atoms with Crippen LogP contribution in [0.25, 0.3) is 0 Å². The largest absolute Gasteiger partial charge is 0.379 e. The van der Waals surface area contributed by atoms with E-state index in [0.717, 1.165) is 44.0 Å². The van der Waals surface area contributed by atoms with E-state index in [-0.39, 0.29) is 11.4 Å². The summed E-state index contributed by atoms with van der Waals surface area (Å²) in [4.78, 5) is 2.24. The SMILES string of the molecule is CC(C)(C)NCc1ccc(F)c(CN2CCOCC2)c1. The zero-order chi connectivity index (χ0) is 14.6. The topological polar surface area (TPSA) is 24.5 Å². The van der Waals surface area contributed by atoms with Gasteiger partial charge in [0.05, 0.1) is 13.2 Å². The number of hydrogen-bond acceptors (Lipinski definition) is 3. The molecule has 0 atom stereocenters. The summed E-state index contributed by atoms with van der Waals surface area (Å²) in [5, 5.41) is 3.43. The molecule has 1 aromatic carbocycles. The van der Waals surface area contributed by atoms with Crippen molar-refractivity contribution in [2.45, 2.75) is 39.4 Å². The van der Waals surface area contributed by atoms with Gasteiger partial charge in [-0.3, -0.25) is 4.90 Å². The molecule has 0 aliphatic carbocycles. The smallest absolute Gasteiger partial charge is 0.127 e. The van der Waals surface area contributed by atoms with Gasteiger partial charge in [-0.2, -0.15) is 0 Å². The van der Waals surface area contributed by atoms with Crippen molar-refractivity contribution in [1.82, 2.24) is 10.2 Å². The number of benzene rings is 1. The van der Waals surface area contributed by atoms with Gasteiger partial charge >= 0.3 is 0 Å². The minimum Gasteiger partial charge on any atom is -0.379 e. The van der Waals surface area contributed by atoms with Gasteiger partial charge in [0.1, 0.15) is 5.82 Å². The van der Waals surface area contributed by atoms with Gasteiger partial charge in [0.25, 0.3) is 0 Å². The van der Waals surface area contributed by atoms with Crippen LogP contribution in [0.2, 0.25) is 0 Å². The summed E-state index contributed by atoms with van der Waals surface area (Å²) >= 11 is 0. The third kappa shape index (κ3) is 4.85. The van der Waals surface area contributed by atoms with E-state index in [0.29, 0.717) is 6.54 Å². The minimum atomic E-state index is -0.115. The van der Waals surface area contributed by atoms with Crippen LogP contribution in [-0.2, 0) is 17.8 Å². The van der Waals surface area contributed by atoms with Gasteiger partial charge in [-0.05, 0) is 32.4 Å². The Morgan fingerprint density at radius 1 is 1.25 bits per heavy atom. The molecule has 1 aliphatic rings. The fourth-order valence-electron chi connectivity index (χ4n) is 2.23. The average Bonchev–Trinajstić information content (AvgIpc) is 2.40. The number of hydrogen-bond donors (Lipinski definition) is 1. The van der Waals surface area contributed by atoms with Gasteiger partial charge in [-0.15, -0.1) is 0 Å². The van der Waals surface area contributed by atoms with Crippen LogP contribution in [0.3, 0.4) is 0 Å². The van der Waals surface area contributed by atoms with Crippen molar-refractivity contribution < 1.29 is 9.13 Å². The zero-order valence-electron chi connectivity index (χ0n) is 12.7. The highest BCUT2D eigenvalue weighted by molar-refractivity contribution is 5.25. The predicted molar refractivity (Wildman–Crippen MR) is 79.1 cm³/mol. The van der Waals surface area contributed by atoms with E-state index in [1.54, 1.807) is 6.07 Å². The number of ether oxygens (including phenoxy) is 1. The fraction of sp³-hybridized carbons (Fsp3) is 0.625. The molecular formula is C16H25FN2O. The molecule has 2 rings (SSSR count). The normalized spacial score (nSPS) is 17.4. The first-order valence-corrected chi connectivity index (χ1v) is 7.26. The lowest BCUT2D eigenvalue weighted by atomic mass is 10.1. The molecule has 0 unspecified atom stereocenters. The molecule has 4 heteroatoms. The standard InChI is InChI=1S/C16H25FN2O/c1-16(2,3)18-11-13-4-5-15(17)14(10-13)12-19-6-8-20-9-7-19/h4-5,10,18H,6-9,11-12H2,1-3H3. The Hall–Kier alpha value is -0.970. The van der Waals surface area contributed by atoms with Gasteiger partial charge in [0.2, 0.25) is 0 Å². The maximum absolute atomic E-state index is 13.9. The summed E-state index contributed by atoms with van der Waals surface area (Å²) < 4.78 is 19.2.